The molecule has 0 aliphatic carbocycles. The maximum Gasteiger partial charge on any atom is 0.179 e. The summed E-state index contributed by atoms with van der Waals surface area (Å²) in [5.74, 6) is 0.990. The van der Waals surface area contributed by atoms with Crippen LogP contribution in [-0.4, -0.2) is 31.4 Å². The van der Waals surface area contributed by atoms with Crippen LogP contribution in [0.2, 0.25) is 5.02 Å². The van der Waals surface area contributed by atoms with Gasteiger partial charge in [-0.05, 0) is 26.8 Å². The van der Waals surface area contributed by atoms with Crippen LogP contribution in [0.1, 0.15) is 32.4 Å². The van der Waals surface area contributed by atoms with Gasteiger partial charge in [0.1, 0.15) is 0 Å². The Bertz CT molecular complexity index is 429. The normalized spacial score (nSPS) is 13.2. The van der Waals surface area contributed by atoms with E-state index in [2.05, 4.69) is 5.32 Å². The molecule has 0 radical (unpaired) electrons. The molecule has 0 aliphatic heterocycles. The maximum absolute atomic E-state index is 10.2. The van der Waals surface area contributed by atoms with Gasteiger partial charge < -0.3 is 19.9 Å². The molecular formula is C14H22ClNO3. The van der Waals surface area contributed by atoms with Gasteiger partial charge in [0.2, 0.25) is 0 Å². The van der Waals surface area contributed by atoms with Crippen molar-refractivity contribution in [1.29, 1.82) is 0 Å². The van der Waals surface area contributed by atoms with E-state index in [0.717, 1.165) is 0 Å². The molecule has 108 valence electrons. The number of ether oxygens (including phenoxy) is 2. The maximum atomic E-state index is 10.2. The van der Waals surface area contributed by atoms with Crippen molar-refractivity contribution in [3.8, 4) is 11.5 Å². The van der Waals surface area contributed by atoms with E-state index in [1.165, 1.54) is 7.11 Å². The highest BCUT2D eigenvalue weighted by Gasteiger charge is 2.20. The van der Waals surface area contributed by atoms with E-state index in [9.17, 15) is 5.11 Å². The highest BCUT2D eigenvalue weighted by atomic mass is 35.5. The third kappa shape index (κ3) is 4.27. The minimum Gasteiger partial charge on any atom is -0.493 e. The second kappa shape index (κ2) is 6.46. The van der Waals surface area contributed by atoms with Crippen LogP contribution < -0.4 is 14.8 Å². The van der Waals surface area contributed by atoms with Crippen molar-refractivity contribution >= 4 is 11.6 Å². The van der Waals surface area contributed by atoms with Gasteiger partial charge in [0.15, 0.2) is 11.5 Å². The second-order valence-corrected chi connectivity index (χ2v) is 5.73. The van der Waals surface area contributed by atoms with Gasteiger partial charge in [-0.1, -0.05) is 17.7 Å². The molecule has 0 bridgehead atoms. The van der Waals surface area contributed by atoms with Crippen LogP contribution in [0, 0.1) is 0 Å². The molecule has 2 N–H and O–H groups in total. The largest absolute Gasteiger partial charge is 0.493 e. The van der Waals surface area contributed by atoms with Gasteiger partial charge in [0.05, 0.1) is 25.3 Å². The summed E-state index contributed by atoms with van der Waals surface area (Å²) in [7, 11) is 3.07. The minimum absolute atomic E-state index is 0.0655. The Balaban J connectivity index is 2.95. The number of nitrogens with one attached hydrogen (secondary N) is 1. The Hall–Kier alpha value is -0.970. The molecule has 1 aromatic rings. The summed E-state index contributed by atoms with van der Waals surface area (Å²) in [6, 6.07) is 3.49. The zero-order valence-corrected chi connectivity index (χ0v) is 12.8. The van der Waals surface area contributed by atoms with Gasteiger partial charge in [-0.2, -0.15) is 0 Å². The molecule has 0 saturated carbocycles. The van der Waals surface area contributed by atoms with Crippen LogP contribution in [0.25, 0.3) is 0 Å². The standard InChI is InChI=1S/C14H22ClNO3/c1-14(2,3)16-8-10(17)9-6-7-11(18-4)13(19-5)12(9)15/h6-7,10,16-17H,8H2,1-5H3. The lowest BCUT2D eigenvalue weighted by Crippen LogP contribution is -2.38. The van der Waals surface area contributed by atoms with E-state index in [1.54, 1.807) is 19.2 Å². The highest BCUT2D eigenvalue weighted by Crippen LogP contribution is 2.39. The predicted octanol–water partition coefficient (Wildman–Crippen LogP) is 2.78. The number of methoxy groups -OCH3 is 2. The molecule has 0 saturated heterocycles. The van der Waals surface area contributed by atoms with Crippen LogP contribution in [0.3, 0.4) is 0 Å². The lowest BCUT2D eigenvalue weighted by Gasteiger charge is -2.24. The number of benzene rings is 1. The highest BCUT2D eigenvalue weighted by molar-refractivity contribution is 6.33. The molecule has 0 amide bonds. The van der Waals surface area contributed by atoms with Gasteiger partial charge in [-0.15, -0.1) is 0 Å². The molecule has 1 atom stereocenters. The van der Waals surface area contributed by atoms with E-state index in [1.807, 2.05) is 20.8 Å². The van der Waals surface area contributed by atoms with Crippen molar-refractivity contribution < 1.29 is 14.6 Å². The molecule has 1 unspecified atom stereocenters. The van der Waals surface area contributed by atoms with Gasteiger partial charge in [-0.3, -0.25) is 0 Å². The Labute approximate surface area is 119 Å². The zero-order chi connectivity index (χ0) is 14.6. The number of halogens is 1. The summed E-state index contributed by atoms with van der Waals surface area (Å²) in [6.07, 6.45) is -0.702. The minimum atomic E-state index is -0.702. The first-order valence-electron chi connectivity index (χ1n) is 6.13. The van der Waals surface area contributed by atoms with Gasteiger partial charge in [0.25, 0.3) is 0 Å². The van der Waals surface area contributed by atoms with Gasteiger partial charge in [-0.25, -0.2) is 0 Å². The summed E-state index contributed by atoms with van der Waals surface area (Å²) in [5, 5.41) is 13.8. The first kappa shape index (κ1) is 16.1. The predicted molar refractivity (Wildman–Crippen MR) is 77.3 cm³/mol. The Kier molecular flexibility index (Phi) is 5.47. The van der Waals surface area contributed by atoms with Crippen LogP contribution in [0.5, 0.6) is 11.5 Å². The molecule has 0 fully saturated rings. The van der Waals surface area contributed by atoms with Crippen molar-refractivity contribution in [2.45, 2.75) is 32.4 Å². The van der Waals surface area contributed by atoms with Crippen molar-refractivity contribution in [2.24, 2.45) is 0 Å². The molecular weight excluding hydrogens is 266 g/mol. The van der Waals surface area contributed by atoms with E-state index in [0.29, 0.717) is 28.6 Å². The molecule has 1 rings (SSSR count). The second-order valence-electron chi connectivity index (χ2n) is 5.35. The van der Waals surface area contributed by atoms with Crippen LogP contribution in [0.15, 0.2) is 12.1 Å². The Morgan fingerprint density at radius 1 is 1.26 bits per heavy atom. The quantitative estimate of drug-likeness (QED) is 0.874. The molecule has 0 aliphatic rings. The monoisotopic (exact) mass is 287 g/mol. The number of rotatable bonds is 5. The van der Waals surface area contributed by atoms with Crippen LogP contribution in [0.4, 0.5) is 0 Å². The first-order chi connectivity index (χ1) is 8.80. The smallest absolute Gasteiger partial charge is 0.179 e. The SMILES string of the molecule is COc1ccc(C(O)CNC(C)(C)C)c(Cl)c1OC. The Morgan fingerprint density at radius 3 is 2.37 bits per heavy atom. The van der Waals surface area contributed by atoms with Crippen molar-refractivity contribution in [3.05, 3.63) is 22.7 Å². The fourth-order valence-electron chi connectivity index (χ4n) is 1.67. The van der Waals surface area contributed by atoms with E-state index >= 15 is 0 Å². The molecule has 5 heteroatoms. The summed E-state index contributed by atoms with van der Waals surface area (Å²) in [4.78, 5) is 0. The van der Waals surface area contributed by atoms with Crippen molar-refractivity contribution in [2.75, 3.05) is 20.8 Å². The fraction of sp³-hybridized carbons (Fsp3) is 0.571. The summed E-state index contributed by atoms with van der Waals surface area (Å²) >= 11 is 6.24. The van der Waals surface area contributed by atoms with Gasteiger partial charge in [0, 0.05) is 17.6 Å². The third-order valence-corrected chi connectivity index (χ3v) is 3.09. The molecule has 1 aromatic carbocycles. The lowest BCUT2D eigenvalue weighted by molar-refractivity contribution is 0.163. The first-order valence-corrected chi connectivity index (χ1v) is 6.51. The van der Waals surface area contributed by atoms with Crippen molar-refractivity contribution in [3.63, 3.8) is 0 Å². The van der Waals surface area contributed by atoms with Gasteiger partial charge >= 0.3 is 0 Å². The topological polar surface area (TPSA) is 50.7 Å². The number of hydrogen-bond acceptors (Lipinski definition) is 4. The average molecular weight is 288 g/mol. The summed E-state index contributed by atoms with van der Waals surface area (Å²) in [6.45, 7) is 6.53. The number of aliphatic hydroxyl groups excluding tert-OH is 1. The zero-order valence-electron chi connectivity index (χ0n) is 12.1. The molecule has 0 heterocycles. The van der Waals surface area contributed by atoms with E-state index in [4.69, 9.17) is 21.1 Å². The van der Waals surface area contributed by atoms with Crippen LogP contribution >= 0.6 is 11.6 Å². The average Bonchev–Trinajstić information content (AvgIpc) is 2.34. The summed E-state index contributed by atoms with van der Waals surface area (Å²) < 4.78 is 10.4. The van der Waals surface area contributed by atoms with Crippen LogP contribution in [-0.2, 0) is 0 Å². The van der Waals surface area contributed by atoms with E-state index < -0.39 is 6.10 Å². The molecule has 0 spiro atoms. The third-order valence-electron chi connectivity index (χ3n) is 2.70. The lowest BCUT2D eigenvalue weighted by atomic mass is 10.1. The fourth-order valence-corrected chi connectivity index (χ4v) is 2.03. The number of β-amino-alcohol motifs (C(OH)–C–C–N with tert-alkyl or cyclic N) is 1. The summed E-state index contributed by atoms with van der Waals surface area (Å²) in [5.41, 5.74) is 0.556. The number of hydrogen-bond donors (Lipinski definition) is 2. The number of aliphatic hydroxyl groups is 1. The van der Waals surface area contributed by atoms with E-state index in [-0.39, 0.29) is 5.54 Å². The molecule has 0 aromatic heterocycles. The Morgan fingerprint density at radius 2 is 1.89 bits per heavy atom. The molecule has 19 heavy (non-hydrogen) atoms. The van der Waals surface area contributed by atoms with Crippen molar-refractivity contribution in [1.82, 2.24) is 5.32 Å². The molecule has 4 nitrogen and oxygen atoms in total.